The van der Waals surface area contributed by atoms with E-state index >= 15 is 0 Å². The average molecular weight is 466 g/mol. The van der Waals surface area contributed by atoms with Crippen LogP contribution in [-0.4, -0.2) is 13.1 Å². The molecule has 0 spiro atoms. The first kappa shape index (κ1) is 22.5. The predicted octanol–water partition coefficient (Wildman–Crippen LogP) is 4.99. The number of thioether (sulfide) groups is 1. The molecule has 3 aromatic rings. The second kappa shape index (κ2) is 9.88. The van der Waals surface area contributed by atoms with Crippen molar-refractivity contribution in [3.8, 4) is 0 Å². The minimum atomic E-state index is -0.296. The van der Waals surface area contributed by atoms with Gasteiger partial charge in [-0.1, -0.05) is 84.6 Å². The number of methoxy groups -OCH3 is 1. The van der Waals surface area contributed by atoms with Crippen LogP contribution >= 0.6 is 11.8 Å². The third kappa shape index (κ3) is 4.39. The minimum Gasteiger partial charge on any atom is -0.465 e. The van der Waals surface area contributed by atoms with Crippen LogP contribution in [-0.2, 0) is 11.2 Å². The SMILES string of the molecule is COC(=O)c1ccc2c(c1)SC=CC=C2.NC1C=c2ccccc2=c2ccc3c(c21)CCCC=3. The van der Waals surface area contributed by atoms with Crippen LogP contribution in [0.25, 0.3) is 18.2 Å². The summed E-state index contributed by atoms with van der Waals surface area (Å²) in [6.45, 7) is 0. The molecule has 2 N–H and O–H groups in total. The molecular weight excluding hydrogens is 438 g/mol. The molecule has 3 aliphatic rings. The van der Waals surface area contributed by atoms with Crippen LogP contribution in [0.1, 0.15) is 45.9 Å². The van der Waals surface area contributed by atoms with Gasteiger partial charge in [0.25, 0.3) is 0 Å². The van der Waals surface area contributed by atoms with Crippen LogP contribution in [0.4, 0.5) is 0 Å². The lowest BCUT2D eigenvalue weighted by atomic mass is 9.87. The standard InChI is InChI=1S/C18H17N.C12H10O2S/c19-17-11-13-6-2-3-7-14(13)16-10-9-12-5-1-4-8-15(12)18(16)17;1-14-12(13)10-6-5-9-4-2-3-7-15-11(9)8-10/h2-3,5-7,9-11,17H,1,4,8,19H2;2-8H,1H3. The van der Waals surface area contributed by atoms with Gasteiger partial charge >= 0.3 is 5.97 Å². The molecule has 0 fully saturated rings. The van der Waals surface area contributed by atoms with E-state index in [9.17, 15) is 4.79 Å². The van der Waals surface area contributed by atoms with Crippen molar-refractivity contribution in [2.24, 2.45) is 5.73 Å². The Labute approximate surface area is 203 Å². The number of carbonyl (C=O) groups excluding carboxylic acids is 1. The summed E-state index contributed by atoms with van der Waals surface area (Å²) in [5.74, 6) is -0.296. The summed E-state index contributed by atoms with van der Waals surface area (Å²) >= 11 is 1.60. The second-order valence-electron chi connectivity index (χ2n) is 8.52. The zero-order valence-corrected chi connectivity index (χ0v) is 20.0. The van der Waals surface area contributed by atoms with Crippen molar-refractivity contribution in [3.63, 3.8) is 0 Å². The van der Waals surface area contributed by atoms with Crippen LogP contribution < -0.4 is 16.2 Å². The number of benzene rings is 3. The van der Waals surface area contributed by atoms with Gasteiger partial charge in [0.1, 0.15) is 0 Å². The molecule has 0 radical (unpaired) electrons. The zero-order valence-electron chi connectivity index (χ0n) is 19.2. The first-order valence-electron chi connectivity index (χ1n) is 11.6. The van der Waals surface area contributed by atoms with Gasteiger partial charge in [0.05, 0.1) is 12.7 Å². The highest BCUT2D eigenvalue weighted by Gasteiger charge is 2.16. The highest BCUT2D eigenvalue weighted by molar-refractivity contribution is 8.02. The molecule has 0 saturated carbocycles. The van der Waals surface area contributed by atoms with E-state index in [1.165, 1.54) is 58.4 Å². The van der Waals surface area contributed by atoms with E-state index in [1.807, 2.05) is 35.8 Å². The molecule has 0 bridgehead atoms. The first-order valence-corrected chi connectivity index (χ1v) is 12.4. The Bertz CT molecular complexity index is 1530. The molecule has 6 rings (SSSR count). The molecule has 1 heterocycles. The number of nitrogens with two attached hydrogens (primary N) is 1. The van der Waals surface area contributed by atoms with Crippen molar-refractivity contribution in [1.82, 2.24) is 0 Å². The summed E-state index contributed by atoms with van der Waals surface area (Å²) < 4.78 is 4.67. The van der Waals surface area contributed by atoms with Gasteiger partial charge in [0, 0.05) is 10.9 Å². The van der Waals surface area contributed by atoms with Gasteiger partial charge in [-0.3, -0.25) is 0 Å². The van der Waals surface area contributed by atoms with Crippen LogP contribution in [0.5, 0.6) is 0 Å². The number of fused-ring (bicyclic) bond motifs is 5. The minimum absolute atomic E-state index is 0.0337. The number of hydrogen-bond acceptors (Lipinski definition) is 4. The van der Waals surface area contributed by atoms with Crippen LogP contribution in [0, 0.1) is 10.4 Å². The van der Waals surface area contributed by atoms with Crippen molar-refractivity contribution in [2.75, 3.05) is 7.11 Å². The second-order valence-corrected chi connectivity index (χ2v) is 9.47. The van der Waals surface area contributed by atoms with Crippen molar-refractivity contribution in [2.45, 2.75) is 30.2 Å². The zero-order chi connectivity index (χ0) is 23.5. The van der Waals surface area contributed by atoms with Gasteiger partial charge in [-0.25, -0.2) is 4.79 Å². The third-order valence-electron chi connectivity index (χ3n) is 6.43. The Morgan fingerprint density at radius 1 is 1.03 bits per heavy atom. The lowest BCUT2D eigenvalue weighted by Crippen LogP contribution is -2.25. The van der Waals surface area contributed by atoms with Crippen molar-refractivity contribution in [1.29, 1.82) is 0 Å². The van der Waals surface area contributed by atoms with Crippen LogP contribution in [0.2, 0.25) is 0 Å². The molecule has 1 unspecified atom stereocenters. The maximum Gasteiger partial charge on any atom is 0.337 e. The van der Waals surface area contributed by atoms with Crippen molar-refractivity contribution >= 4 is 36.0 Å². The quantitative estimate of drug-likeness (QED) is 0.515. The molecule has 2 aliphatic carbocycles. The first-order chi connectivity index (χ1) is 16.7. The molecule has 0 aromatic heterocycles. The largest absolute Gasteiger partial charge is 0.465 e. The fraction of sp³-hybridized carbons (Fsp3) is 0.167. The number of esters is 1. The number of hydrogen-bond donors (Lipinski definition) is 1. The van der Waals surface area contributed by atoms with Crippen molar-refractivity contribution < 1.29 is 9.53 Å². The maximum absolute atomic E-state index is 11.3. The molecular formula is C30H27NO2S. The maximum atomic E-state index is 11.3. The molecule has 0 saturated heterocycles. The molecule has 4 heteroatoms. The fourth-order valence-electron chi connectivity index (χ4n) is 4.80. The summed E-state index contributed by atoms with van der Waals surface area (Å²) in [5.41, 5.74) is 11.0. The normalized spacial score (nSPS) is 16.7. The van der Waals surface area contributed by atoms with E-state index in [1.54, 1.807) is 17.8 Å². The lowest BCUT2D eigenvalue weighted by molar-refractivity contribution is 0.0600. The van der Waals surface area contributed by atoms with E-state index in [4.69, 9.17) is 5.73 Å². The molecule has 1 aliphatic heterocycles. The Balaban J connectivity index is 0.000000146. The summed E-state index contributed by atoms with van der Waals surface area (Å²) in [6.07, 6.45) is 14.1. The van der Waals surface area contributed by atoms with Crippen LogP contribution in [0.3, 0.4) is 0 Å². The summed E-state index contributed by atoms with van der Waals surface area (Å²) in [4.78, 5) is 12.4. The smallest absolute Gasteiger partial charge is 0.337 e. The van der Waals surface area contributed by atoms with Crippen LogP contribution in [0.15, 0.2) is 77.1 Å². The molecule has 3 nitrogen and oxygen atoms in total. The van der Waals surface area contributed by atoms with Gasteiger partial charge in [-0.2, -0.15) is 0 Å². The van der Waals surface area contributed by atoms with Gasteiger partial charge < -0.3 is 10.5 Å². The highest BCUT2D eigenvalue weighted by Crippen LogP contribution is 2.28. The van der Waals surface area contributed by atoms with E-state index in [-0.39, 0.29) is 12.0 Å². The Hall–Kier alpha value is -3.34. The number of ether oxygens (including phenoxy) is 1. The Morgan fingerprint density at radius 2 is 1.91 bits per heavy atom. The monoisotopic (exact) mass is 465 g/mol. The van der Waals surface area contributed by atoms with Gasteiger partial charge in [-0.05, 0) is 74.4 Å². The number of carbonyl (C=O) groups is 1. The van der Waals surface area contributed by atoms with Gasteiger partial charge in [0.15, 0.2) is 0 Å². The molecule has 170 valence electrons. The third-order valence-corrected chi connectivity index (χ3v) is 7.33. The van der Waals surface area contributed by atoms with Crippen molar-refractivity contribution in [3.05, 3.63) is 115 Å². The number of rotatable bonds is 1. The Kier molecular flexibility index (Phi) is 6.52. The van der Waals surface area contributed by atoms with Gasteiger partial charge in [-0.15, -0.1) is 0 Å². The number of allylic oxidation sites excluding steroid dienone is 2. The average Bonchev–Trinajstić information content (AvgIpc) is 3.13. The van der Waals surface area contributed by atoms with E-state index in [0.717, 1.165) is 10.5 Å². The Morgan fingerprint density at radius 3 is 2.79 bits per heavy atom. The van der Waals surface area contributed by atoms with Gasteiger partial charge in [0.2, 0.25) is 0 Å². The molecule has 3 aromatic carbocycles. The van der Waals surface area contributed by atoms with E-state index in [0.29, 0.717) is 5.56 Å². The van der Waals surface area contributed by atoms with E-state index in [2.05, 4.69) is 53.3 Å². The molecule has 0 amide bonds. The topological polar surface area (TPSA) is 52.3 Å². The predicted molar refractivity (Wildman–Crippen MR) is 140 cm³/mol. The molecule has 34 heavy (non-hydrogen) atoms. The fourth-order valence-corrected chi connectivity index (χ4v) is 5.59. The summed E-state index contributed by atoms with van der Waals surface area (Å²) in [6, 6.07) is 18.7. The summed E-state index contributed by atoms with van der Waals surface area (Å²) in [5, 5.41) is 7.31. The highest BCUT2D eigenvalue weighted by atomic mass is 32.2. The molecule has 1 atom stereocenters. The van der Waals surface area contributed by atoms with E-state index < -0.39 is 0 Å². The summed E-state index contributed by atoms with van der Waals surface area (Å²) in [7, 11) is 1.39. The lowest BCUT2D eigenvalue weighted by Gasteiger charge is -2.20.